The Kier molecular flexibility index (Phi) is 7.61. The number of nitrogens with zero attached hydrogens (tertiary/aromatic N) is 3. The second kappa shape index (κ2) is 11.2. The van der Waals surface area contributed by atoms with Gasteiger partial charge in [0.15, 0.2) is 0 Å². The number of carbonyl (C=O) groups excluding carboxylic acids is 1. The zero-order chi connectivity index (χ0) is 24.6. The summed E-state index contributed by atoms with van der Waals surface area (Å²) >= 11 is 6.21. The van der Waals surface area contributed by atoms with E-state index in [0.29, 0.717) is 35.2 Å². The summed E-state index contributed by atoms with van der Waals surface area (Å²) in [5.74, 6) is 0.269. The van der Waals surface area contributed by atoms with Crippen LogP contribution in [0.3, 0.4) is 0 Å². The lowest BCUT2D eigenvalue weighted by Gasteiger charge is -2.08. The van der Waals surface area contributed by atoms with Crippen molar-refractivity contribution in [2.45, 2.75) is 13.5 Å². The molecule has 1 amide bonds. The van der Waals surface area contributed by atoms with Gasteiger partial charge in [-0.15, -0.1) is 0 Å². The lowest BCUT2D eigenvalue weighted by molar-refractivity contribution is -0.116. The summed E-state index contributed by atoms with van der Waals surface area (Å²) in [7, 11) is 0. The highest BCUT2D eigenvalue weighted by atomic mass is 35.5. The van der Waals surface area contributed by atoms with E-state index in [1.807, 2.05) is 91.1 Å². The highest BCUT2D eigenvalue weighted by molar-refractivity contribution is 6.31. The van der Waals surface area contributed by atoms with E-state index >= 15 is 0 Å². The fourth-order valence-electron chi connectivity index (χ4n) is 3.48. The van der Waals surface area contributed by atoms with Gasteiger partial charge in [0.1, 0.15) is 24.0 Å². The monoisotopic (exact) mass is 482 g/mol. The van der Waals surface area contributed by atoms with Crippen molar-refractivity contribution in [2.75, 3.05) is 6.54 Å². The number of aromatic nitrogens is 2. The van der Waals surface area contributed by atoms with Gasteiger partial charge >= 0.3 is 0 Å². The summed E-state index contributed by atoms with van der Waals surface area (Å²) < 4.78 is 7.62. The van der Waals surface area contributed by atoms with E-state index < -0.39 is 5.91 Å². The van der Waals surface area contributed by atoms with Gasteiger partial charge in [0.25, 0.3) is 5.91 Å². The Labute approximate surface area is 209 Å². The smallest absolute Gasteiger partial charge is 0.261 e. The molecule has 0 aliphatic rings. The molecule has 0 saturated heterocycles. The summed E-state index contributed by atoms with van der Waals surface area (Å²) in [5, 5.41) is 17.6. The standard InChI is InChI=1S/C28H23ClN4O2/c1-2-31-28(34)22(17-30)16-23-18-33(24-9-4-3-5-10-24)32-27(23)20-12-14-25(15-13-20)35-19-21-8-6-7-11-26(21)29/h3-16,18H,2,19H2,1H3,(H,31,34)/b22-16+. The third-order valence-electron chi connectivity index (χ3n) is 5.25. The molecular weight excluding hydrogens is 460 g/mol. The number of ether oxygens (including phenoxy) is 1. The van der Waals surface area contributed by atoms with Crippen LogP contribution in [0.25, 0.3) is 23.0 Å². The normalized spacial score (nSPS) is 11.1. The highest BCUT2D eigenvalue weighted by Crippen LogP contribution is 2.28. The second-order valence-corrected chi connectivity index (χ2v) is 8.05. The van der Waals surface area contributed by atoms with Crippen LogP contribution in [0.15, 0.2) is 90.6 Å². The Morgan fingerprint density at radius 1 is 1.09 bits per heavy atom. The third-order valence-corrected chi connectivity index (χ3v) is 5.61. The molecule has 0 saturated carbocycles. The average molecular weight is 483 g/mol. The molecule has 7 heteroatoms. The molecule has 35 heavy (non-hydrogen) atoms. The topological polar surface area (TPSA) is 79.9 Å². The van der Waals surface area contributed by atoms with Crippen molar-refractivity contribution in [1.82, 2.24) is 15.1 Å². The number of likely N-dealkylation sites (N-methyl/N-ethyl adjacent to an activating group) is 1. The minimum absolute atomic E-state index is 0.0143. The number of hydrogen-bond donors (Lipinski definition) is 1. The van der Waals surface area contributed by atoms with Crippen LogP contribution in [0.5, 0.6) is 5.75 Å². The number of halogens is 1. The van der Waals surface area contributed by atoms with E-state index in [1.54, 1.807) is 17.7 Å². The minimum Gasteiger partial charge on any atom is -0.489 e. The van der Waals surface area contributed by atoms with Crippen LogP contribution in [0.4, 0.5) is 0 Å². The summed E-state index contributed by atoms with van der Waals surface area (Å²) in [5.41, 5.74) is 3.90. The first-order valence-electron chi connectivity index (χ1n) is 11.1. The van der Waals surface area contributed by atoms with Crippen molar-refractivity contribution in [1.29, 1.82) is 5.26 Å². The number of nitrogens with one attached hydrogen (secondary N) is 1. The molecule has 0 unspecified atom stereocenters. The molecule has 1 N–H and O–H groups in total. The van der Waals surface area contributed by atoms with E-state index in [4.69, 9.17) is 21.4 Å². The lowest BCUT2D eigenvalue weighted by Crippen LogP contribution is -2.23. The van der Waals surface area contributed by atoms with Gasteiger partial charge in [0.05, 0.1) is 11.4 Å². The maximum atomic E-state index is 12.3. The van der Waals surface area contributed by atoms with Gasteiger partial charge in [-0.1, -0.05) is 48.0 Å². The van der Waals surface area contributed by atoms with Crippen LogP contribution >= 0.6 is 11.6 Å². The molecule has 4 rings (SSSR count). The molecule has 0 spiro atoms. The van der Waals surface area contributed by atoms with Crippen LogP contribution in [-0.4, -0.2) is 22.2 Å². The zero-order valence-corrected chi connectivity index (χ0v) is 19.9. The first-order chi connectivity index (χ1) is 17.1. The first kappa shape index (κ1) is 23.8. The zero-order valence-electron chi connectivity index (χ0n) is 19.1. The highest BCUT2D eigenvalue weighted by Gasteiger charge is 2.15. The van der Waals surface area contributed by atoms with Gasteiger partial charge < -0.3 is 10.1 Å². The number of hydrogen-bond acceptors (Lipinski definition) is 4. The molecular formula is C28H23ClN4O2. The number of para-hydroxylation sites is 1. The van der Waals surface area contributed by atoms with E-state index in [-0.39, 0.29) is 5.57 Å². The number of amides is 1. The Balaban J connectivity index is 1.66. The van der Waals surface area contributed by atoms with E-state index in [9.17, 15) is 10.1 Å². The molecule has 6 nitrogen and oxygen atoms in total. The number of benzene rings is 3. The van der Waals surface area contributed by atoms with Crippen LogP contribution in [0.2, 0.25) is 5.02 Å². The van der Waals surface area contributed by atoms with E-state index in [2.05, 4.69) is 5.32 Å². The fraction of sp³-hybridized carbons (Fsp3) is 0.107. The van der Waals surface area contributed by atoms with Crippen molar-refractivity contribution in [3.63, 3.8) is 0 Å². The average Bonchev–Trinajstić information content (AvgIpc) is 3.31. The molecule has 0 aliphatic carbocycles. The molecule has 174 valence electrons. The molecule has 4 aromatic rings. The Morgan fingerprint density at radius 3 is 2.49 bits per heavy atom. The maximum absolute atomic E-state index is 12.3. The molecule has 0 aliphatic heterocycles. The predicted octanol–water partition coefficient (Wildman–Crippen LogP) is 5.81. The largest absolute Gasteiger partial charge is 0.489 e. The van der Waals surface area contributed by atoms with Crippen LogP contribution in [-0.2, 0) is 11.4 Å². The number of nitriles is 1. The molecule has 0 radical (unpaired) electrons. The molecule has 0 atom stereocenters. The third kappa shape index (κ3) is 5.78. The van der Waals surface area contributed by atoms with Crippen molar-refractivity contribution < 1.29 is 9.53 Å². The Hall–Kier alpha value is -4.34. The predicted molar refractivity (Wildman–Crippen MR) is 137 cm³/mol. The summed E-state index contributed by atoms with van der Waals surface area (Å²) in [4.78, 5) is 12.3. The second-order valence-electron chi connectivity index (χ2n) is 7.65. The van der Waals surface area contributed by atoms with E-state index in [1.165, 1.54) is 0 Å². The van der Waals surface area contributed by atoms with Gasteiger partial charge in [-0.2, -0.15) is 10.4 Å². The Bertz CT molecular complexity index is 1390. The maximum Gasteiger partial charge on any atom is 0.261 e. The van der Waals surface area contributed by atoms with Gasteiger partial charge in [-0.05, 0) is 55.5 Å². The van der Waals surface area contributed by atoms with Gasteiger partial charge in [0, 0.05) is 34.5 Å². The Morgan fingerprint density at radius 2 is 1.80 bits per heavy atom. The van der Waals surface area contributed by atoms with Crippen LogP contribution in [0.1, 0.15) is 18.1 Å². The van der Waals surface area contributed by atoms with Gasteiger partial charge in [0.2, 0.25) is 0 Å². The molecule has 0 fully saturated rings. The molecule has 0 bridgehead atoms. The molecule has 3 aromatic carbocycles. The molecule has 1 heterocycles. The summed E-state index contributed by atoms with van der Waals surface area (Å²) in [6, 6.07) is 26.7. The van der Waals surface area contributed by atoms with Crippen molar-refractivity contribution in [3.8, 4) is 28.8 Å². The quantitative estimate of drug-likeness (QED) is 0.253. The van der Waals surface area contributed by atoms with Crippen molar-refractivity contribution in [2.24, 2.45) is 0 Å². The lowest BCUT2D eigenvalue weighted by atomic mass is 10.1. The molecule has 1 aromatic heterocycles. The number of carbonyl (C=O) groups is 1. The van der Waals surface area contributed by atoms with Crippen molar-refractivity contribution >= 4 is 23.6 Å². The summed E-state index contributed by atoms with van der Waals surface area (Å²) in [6.07, 6.45) is 3.37. The fourth-order valence-corrected chi connectivity index (χ4v) is 3.67. The van der Waals surface area contributed by atoms with Crippen LogP contribution < -0.4 is 10.1 Å². The SMILES string of the molecule is CCNC(=O)/C(C#N)=C/c1cn(-c2ccccc2)nc1-c1ccc(OCc2ccccc2Cl)cc1. The number of rotatable bonds is 8. The first-order valence-corrected chi connectivity index (χ1v) is 11.5. The van der Waals surface area contributed by atoms with Crippen molar-refractivity contribution in [3.05, 3.63) is 107 Å². The van der Waals surface area contributed by atoms with E-state index in [0.717, 1.165) is 16.8 Å². The minimum atomic E-state index is -0.420. The van der Waals surface area contributed by atoms with Gasteiger partial charge in [-0.3, -0.25) is 4.79 Å². The summed E-state index contributed by atoms with van der Waals surface area (Å²) in [6.45, 7) is 2.60. The van der Waals surface area contributed by atoms with Gasteiger partial charge in [-0.25, -0.2) is 4.68 Å². The van der Waals surface area contributed by atoms with Crippen LogP contribution in [0, 0.1) is 11.3 Å².